The normalized spacial score (nSPS) is 13.9. The first-order valence-electron chi connectivity index (χ1n) is 12.0. The highest BCUT2D eigenvalue weighted by Gasteiger charge is 2.23. The van der Waals surface area contributed by atoms with E-state index in [9.17, 15) is 0 Å². The van der Waals surface area contributed by atoms with Crippen molar-refractivity contribution in [2.24, 2.45) is 0 Å². The van der Waals surface area contributed by atoms with Gasteiger partial charge >= 0.3 is 0 Å². The predicted molar refractivity (Wildman–Crippen MR) is 145 cm³/mol. The Labute approximate surface area is 211 Å². The van der Waals surface area contributed by atoms with Crippen molar-refractivity contribution in [3.05, 3.63) is 78.1 Å². The van der Waals surface area contributed by atoms with Crippen LogP contribution in [0.5, 0.6) is 17.2 Å². The van der Waals surface area contributed by atoms with Gasteiger partial charge in [-0.25, -0.2) is 9.97 Å². The van der Waals surface area contributed by atoms with Gasteiger partial charge in [-0.3, -0.25) is 0 Å². The number of ether oxygens (including phenoxy) is 3. The molecule has 2 heterocycles. The van der Waals surface area contributed by atoms with E-state index < -0.39 is 0 Å². The maximum Gasteiger partial charge on any atom is 0.162 e. The first-order chi connectivity index (χ1) is 17.7. The van der Waals surface area contributed by atoms with Gasteiger partial charge in [0.1, 0.15) is 11.6 Å². The number of fused-ring (bicyclic) bond motifs is 1. The third-order valence-electron chi connectivity index (χ3n) is 6.43. The summed E-state index contributed by atoms with van der Waals surface area (Å²) < 4.78 is 16.7. The molecule has 1 aliphatic heterocycles. The topological polar surface area (TPSA) is 60.0 Å². The average molecular weight is 483 g/mol. The highest BCUT2D eigenvalue weighted by molar-refractivity contribution is 5.93. The van der Waals surface area contributed by atoms with Gasteiger partial charge in [0.25, 0.3) is 0 Å². The van der Waals surface area contributed by atoms with Crippen LogP contribution >= 0.6 is 0 Å². The second-order valence-corrected chi connectivity index (χ2v) is 8.52. The summed E-state index contributed by atoms with van der Waals surface area (Å²) in [6.45, 7) is 3.35. The zero-order valence-electron chi connectivity index (χ0n) is 20.8. The largest absolute Gasteiger partial charge is 0.495 e. The van der Waals surface area contributed by atoms with Gasteiger partial charge in [-0.2, -0.15) is 0 Å². The molecule has 4 aromatic rings. The smallest absolute Gasteiger partial charge is 0.162 e. The van der Waals surface area contributed by atoms with Crippen LogP contribution in [-0.4, -0.2) is 57.5 Å². The molecule has 184 valence electrons. The van der Waals surface area contributed by atoms with Gasteiger partial charge in [0.05, 0.1) is 32.5 Å². The van der Waals surface area contributed by atoms with Crippen molar-refractivity contribution in [1.29, 1.82) is 0 Å². The summed E-state index contributed by atoms with van der Waals surface area (Å²) >= 11 is 0. The van der Waals surface area contributed by atoms with E-state index >= 15 is 0 Å². The summed E-state index contributed by atoms with van der Waals surface area (Å²) in [5, 5.41) is 0.940. The molecule has 1 aliphatic rings. The second-order valence-electron chi connectivity index (χ2n) is 8.52. The molecule has 0 unspecified atom stereocenters. The summed E-state index contributed by atoms with van der Waals surface area (Å²) in [5.41, 5.74) is 3.03. The minimum absolute atomic E-state index is 0.647. The molecule has 3 aromatic carbocycles. The van der Waals surface area contributed by atoms with Crippen LogP contribution in [0.15, 0.2) is 66.7 Å². The van der Waals surface area contributed by atoms with Crippen LogP contribution in [0, 0.1) is 0 Å². The fourth-order valence-corrected chi connectivity index (χ4v) is 4.56. The number of hydrogen-bond acceptors (Lipinski definition) is 7. The number of piperazine rings is 1. The van der Waals surface area contributed by atoms with E-state index in [2.05, 4.69) is 28.0 Å². The van der Waals surface area contributed by atoms with Gasteiger partial charge in [0, 0.05) is 37.6 Å². The predicted octanol–water partition coefficient (Wildman–Crippen LogP) is 5.15. The van der Waals surface area contributed by atoms with E-state index in [0.717, 1.165) is 59.9 Å². The molecule has 36 heavy (non-hydrogen) atoms. The standard InChI is InChI=1S/C29H30N4O3/c1-34-25-12-8-7-11-24(25)32-15-17-33(18-16-32)29-22-19-26(35-2)27(36-3)20-23(22)30-28(31-29)14-13-21-9-5-4-6-10-21/h4-14,19-20H,15-18H2,1-3H3/b14-13-. The van der Waals surface area contributed by atoms with Crippen molar-refractivity contribution in [3.8, 4) is 17.2 Å². The Morgan fingerprint density at radius 2 is 1.31 bits per heavy atom. The highest BCUT2D eigenvalue weighted by atomic mass is 16.5. The van der Waals surface area contributed by atoms with Gasteiger partial charge in [-0.05, 0) is 29.8 Å². The molecule has 1 saturated heterocycles. The quantitative estimate of drug-likeness (QED) is 0.361. The van der Waals surface area contributed by atoms with Crippen LogP contribution in [0.1, 0.15) is 11.4 Å². The zero-order chi connectivity index (χ0) is 24.9. The maximum atomic E-state index is 5.59. The molecule has 0 aliphatic carbocycles. The lowest BCUT2D eigenvalue weighted by atomic mass is 10.1. The number of benzene rings is 3. The van der Waals surface area contributed by atoms with Gasteiger partial charge < -0.3 is 24.0 Å². The molecule has 7 heteroatoms. The van der Waals surface area contributed by atoms with Crippen LogP contribution < -0.4 is 24.0 Å². The van der Waals surface area contributed by atoms with Crippen LogP contribution in [0.4, 0.5) is 11.5 Å². The first kappa shape index (κ1) is 23.5. The van der Waals surface area contributed by atoms with E-state index in [4.69, 9.17) is 24.2 Å². The van der Waals surface area contributed by atoms with Crippen LogP contribution in [0.25, 0.3) is 23.1 Å². The maximum absolute atomic E-state index is 5.59. The molecule has 0 spiro atoms. The monoisotopic (exact) mass is 482 g/mol. The zero-order valence-corrected chi connectivity index (χ0v) is 20.8. The Kier molecular flexibility index (Phi) is 6.89. The third-order valence-corrected chi connectivity index (χ3v) is 6.43. The number of methoxy groups -OCH3 is 3. The molecule has 0 saturated carbocycles. The highest BCUT2D eigenvalue weighted by Crippen LogP contribution is 2.36. The van der Waals surface area contributed by atoms with Crippen molar-refractivity contribution in [2.45, 2.75) is 0 Å². The van der Waals surface area contributed by atoms with Gasteiger partial charge in [0.15, 0.2) is 17.3 Å². The summed E-state index contributed by atoms with van der Waals surface area (Å²) in [7, 11) is 5.00. The van der Waals surface area contributed by atoms with Crippen molar-refractivity contribution in [3.63, 3.8) is 0 Å². The lowest BCUT2D eigenvalue weighted by Crippen LogP contribution is -2.47. The van der Waals surface area contributed by atoms with Crippen LogP contribution in [-0.2, 0) is 0 Å². The second kappa shape index (κ2) is 10.6. The fraction of sp³-hybridized carbons (Fsp3) is 0.241. The molecule has 1 fully saturated rings. The van der Waals surface area contributed by atoms with Crippen molar-refractivity contribution in [2.75, 3.05) is 57.3 Å². The van der Waals surface area contributed by atoms with Crippen molar-refractivity contribution < 1.29 is 14.2 Å². The minimum atomic E-state index is 0.647. The van der Waals surface area contributed by atoms with E-state index in [1.807, 2.05) is 60.7 Å². The molecular formula is C29H30N4O3. The molecule has 1 aromatic heterocycles. The third kappa shape index (κ3) is 4.77. The summed E-state index contributed by atoms with van der Waals surface area (Å²) in [6, 6.07) is 22.2. The van der Waals surface area contributed by atoms with Crippen LogP contribution in [0.2, 0.25) is 0 Å². The summed E-state index contributed by atoms with van der Waals surface area (Å²) in [4.78, 5) is 14.5. The molecule has 0 atom stereocenters. The van der Waals surface area contributed by atoms with E-state index in [0.29, 0.717) is 17.3 Å². The SMILES string of the molecule is COc1cc2nc(/C=C\c3ccccc3)nc(N3CCN(c4ccccc4OC)CC3)c2cc1OC. The Morgan fingerprint density at radius 1 is 0.667 bits per heavy atom. The van der Waals surface area contributed by atoms with Crippen LogP contribution in [0.3, 0.4) is 0 Å². The Balaban J connectivity index is 1.50. The lowest BCUT2D eigenvalue weighted by Gasteiger charge is -2.37. The number of anilines is 2. The lowest BCUT2D eigenvalue weighted by molar-refractivity contribution is 0.356. The Hall–Kier alpha value is -4.26. The molecular weight excluding hydrogens is 452 g/mol. The molecule has 0 N–H and O–H groups in total. The van der Waals surface area contributed by atoms with Gasteiger partial charge in [0.2, 0.25) is 0 Å². The molecule has 5 rings (SSSR count). The van der Waals surface area contributed by atoms with Gasteiger partial charge in [-0.15, -0.1) is 0 Å². The number of nitrogens with zero attached hydrogens (tertiary/aromatic N) is 4. The van der Waals surface area contributed by atoms with E-state index in [1.54, 1.807) is 21.3 Å². The first-order valence-corrected chi connectivity index (χ1v) is 12.0. The Morgan fingerprint density at radius 3 is 2.03 bits per heavy atom. The van der Waals surface area contributed by atoms with Gasteiger partial charge in [-0.1, -0.05) is 48.5 Å². The number of rotatable bonds is 7. The minimum Gasteiger partial charge on any atom is -0.495 e. The fourth-order valence-electron chi connectivity index (χ4n) is 4.56. The van der Waals surface area contributed by atoms with E-state index in [1.165, 1.54) is 0 Å². The molecule has 7 nitrogen and oxygen atoms in total. The average Bonchev–Trinajstić information content (AvgIpc) is 2.95. The molecule has 0 amide bonds. The molecule has 0 radical (unpaired) electrons. The van der Waals surface area contributed by atoms with Crippen molar-refractivity contribution in [1.82, 2.24) is 9.97 Å². The number of aromatic nitrogens is 2. The summed E-state index contributed by atoms with van der Waals surface area (Å²) in [5.74, 6) is 3.75. The van der Waals surface area contributed by atoms with Crippen molar-refractivity contribution >= 4 is 34.6 Å². The number of para-hydroxylation sites is 2. The van der Waals surface area contributed by atoms with E-state index in [-0.39, 0.29) is 0 Å². The summed E-state index contributed by atoms with van der Waals surface area (Å²) in [6.07, 6.45) is 3.99. The molecule has 0 bridgehead atoms. The number of hydrogen-bond donors (Lipinski definition) is 0. The Bertz CT molecular complexity index is 1370.